The van der Waals surface area contributed by atoms with Crippen LogP contribution in [0.5, 0.6) is 0 Å². The van der Waals surface area contributed by atoms with E-state index in [1.165, 1.54) is 6.07 Å². The fourth-order valence-electron chi connectivity index (χ4n) is 1.65. The Morgan fingerprint density at radius 1 is 1.44 bits per heavy atom. The summed E-state index contributed by atoms with van der Waals surface area (Å²) in [5.74, 6) is 0.708. The molecule has 16 heavy (non-hydrogen) atoms. The van der Waals surface area contributed by atoms with Gasteiger partial charge >= 0.3 is 0 Å². The van der Waals surface area contributed by atoms with Gasteiger partial charge in [-0.15, -0.1) is 0 Å². The quantitative estimate of drug-likeness (QED) is 0.803. The summed E-state index contributed by atoms with van der Waals surface area (Å²) >= 11 is 5.84. The zero-order valence-corrected chi connectivity index (χ0v) is 9.71. The molecule has 0 spiro atoms. The molecule has 2 rings (SSSR count). The first-order chi connectivity index (χ1) is 7.70. The molecule has 1 aromatic carbocycles. The van der Waals surface area contributed by atoms with Crippen molar-refractivity contribution in [3.05, 3.63) is 52.8 Å². The molecule has 0 aliphatic heterocycles. The van der Waals surface area contributed by atoms with E-state index >= 15 is 0 Å². The third-order valence-electron chi connectivity index (χ3n) is 2.47. The van der Waals surface area contributed by atoms with Crippen molar-refractivity contribution in [3.8, 4) is 0 Å². The van der Waals surface area contributed by atoms with E-state index in [2.05, 4.69) is 4.98 Å². The molecule has 0 radical (unpaired) electrons. The molecule has 0 saturated carbocycles. The third kappa shape index (κ3) is 2.25. The Kier molecular flexibility index (Phi) is 3.25. The minimum atomic E-state index is -0.236. The smallest absolute Gasteiger partial charge is 0.128 e. The molecule has 0 aliphatic carbocycles. The van der Waals surface area contributed by atoms with Gasteiger partial charge in [0.1, 0.15) is 11.6 Å². The maximum Gasteiger partial charge on any atom is 0.128 e. The number of halogens is 2. The number of benzene rings is 1. The van der Waals surface area contributed by atoms with Gasteiger partial charge in [-0.1, -0.05) is 18.5 Å². The highest BCUT2D eigenvalue weighted by molar-refractivity contribution is 6.30. The number of hydrogen-bond acceptors (Lipinski definition) is 1. The van der Waals surface area contributed by atoms with Crippen LogP contribution in [0.1, 0.15) is 18.3 Å². The van der Waals surface area contributed by atoms with Crippen LogP contribution in [-0.2, 0) is 13.0 Å². The lowest BCUT2D eigenvalue weighted by molar-refractivity contribution is 0.595. The molecule has 0 aliphatic rings. The van der Waals surface area contributed by atoms with Crippen LogP contribution in [-0.4, -0.2) is 9.55 Å². The highest BCUT2D eigenvalue weighted by atomic mass is 35.5. The lowest BCUT2D eigenvalue weighted by Crippen LogP contribution is -2.05. The first kappa shape index (κ1) is 11.1. The predicted molar refractivity (Wildman–Crippen MR) is 62.1 cm³/mol. The molecule has 0 N–H and O–H groups in total. The normalized spacial score (nSPS) is 10.7. The monoisotopic (exact) mass is 238 g/mol. The molecule has 4 heteroatoms. The second-order valence-corrected chi connectivity index (χ2v) is 4.00. The summed E-state index contributed by atoms with van der Waals surface area (Å²) in [6.45, 7) is 2.49. The standard InChI is InChI=1S/C12H12ClFN2/c1-2-12-15-5-6-16(12)8-9-7-10(13)3-4-11(9)14/h3-7H,2,8H2,1H3. The summed E-state index contributed by atoms with van der Waals surface area (Å²) in [6.07, 6.45) is 4.40. The van der Waals surface area contributed by atoms with Gasteiger partial charge in [-0.25, -0.2) is 9.37 Å². The van der Waals surface area contributed by atoms with E-state index in [0.717, 1.165) is 12.2 Å². The fourth-order valence-corrected chi connectivity index (χ4v) is 1.84. The van der Waals surface area contributed by atoms with Crippen LogP contribution < -0.4 is 0 Å². The van der Waals surface area contributed by atoms with Gasteiger partial charge in [0.05, 0.1) is 6.54 Å². The molecular weight excluding hydrogens is 227 g/mol. The number of nitrogens with zero attached hydrogens (tertiary/aromatic N) is 2. The van der Waals surface area contributed by atoms with Crippen molar-refractivity contribution in [1.82, 2.24) is 9.55 Å². The van der Waals surface area contributed by atoms with Crippen LogP contribution in [0, 0.1) is 5.82 Å². The molecule has 1 aromatic heterocycles. The van der Waals surface area contributed by atoms with E-state index in [0.29, 0.717) is 17.1 Å². The number of aryl methyl sites for hydroxylation is 1. The Hall–Kier alpha value is -1.35. The first-order valence-electron chi connectivity index (χ1n) is 5.14. The average molecular weight is 239 g/mol. The molecule has 2 nitrogen and oxygen atoms in total. The lowest BCUT2D eigenvalue weighted by atomic mass is 10.2. The molecule has 0 fully saturated rings. The molecule has 0 atom stereocenters. The number of rotatable bonds is 3. The van der Waals surface area contributed by atoms with Gasteiger partial charge in [0.15, 0.2) is 0 Å². The van der Waals surface area contributed by atoms with E-state index in [9.17, 15) is 4.39 Å². The lowest BCUT2D eigenvalue weighted by Gasteiger charge is -2.07. The molecule has 0 amide bonds. The van der Waals surface area contributed by atoms with Crippen molar-refractivity contribution in [2.45, 2.75) is 19.9 Å². The van der Waals surface area contributed by atoms with Crippen LogP contribution in [0.3, 0.4) is 0 Å². The number of hydrogen-bond donors (Lipinski definition) is 0. The van der Waals surface area contributed by atoms with Crippen LogP contribution in [0.4, 0.5) is 4.39 Å². The zero-order valence-electron chi connectivity index (χ0n) is 8.95. The van der Waals surface area contributed by atoms with E-state index in [-0.39, 0.29) is 5.82 Å². The van der Waals surface area contributed by atoms with E-state index < -0.39 is 0 Å². The summed E-state index contributed by atoms with van der Waals surface area (Å²) in [4.78, 5) is 4.19. The topological polar surface area (TPSA) is 17.8 Å². The summed E-state index contributed by atoms with van der Waals surface area (Å²) < 4.78 is 15.4. The Bertz CT molecular complexity index is 494. The van der Waals surface area contributed by atoms with Crippen molar-refractivity contribution in [1.29, 1.82) is 0 Å². The van der Waals surface area contributed by atoms with Gasteiger partial charge in [0.25, 0.3) is 0 Å². The average Bonchev–Trinajstić information content (AvgIpc) is 2.71. The van der Waals surface area contributed by atoms with Crippen molar-refractivity contribution in [2.24, 2.45) is 0 Å². The van der Waals surface area contributed by atoms with Crippen molar-refractivity contribution in [2.75, 3.05) is 0 Å². The van der Waals surface area contributed by atoms with Gasteiger partial charge in [-0.2, -0.15) is 0 Å². The summed E-state index contributed by atoms with van der Waals surface area (Å²) in [7, 11) is 0. The third-order valence-corrected chi connectivity index (χ3v) is 2.70. The van der Waals surface area contributed by atoms with Gasteiger partial charge in [0.2, 0.25) is 0 Å². The van der Waals surface area contributed by atoms with Gasteiger partial charge in [-0.3, -0.25) is 0 Å². The largest absolute Gasteiger partial charge is 0.330 e. The highest BCUT2D eigenvalue weighted by Crippen LogP contribution is 2.16. The minimum Gasteiger partial charge on any atom is -0.330 e. The van der Waals surface area contributed by atoms with E-state index in [4.69, 9.17) is 11.6 Å². The van der Waals surface area contributed by atoms with Gasteiger partial charge < -0.3 is 4.57 Å². The molecule has 84 valence electrons. The Morgan fingerprint density at radius 3 is 3.00 bits per heavy atom. The maximum atomic E-state index is 13.5. The number of aromatic nitrogens is 2. The van der Waals surface area contributed by atoms with Crippen molar-refractivity contribution in [3.63, 3.8) is 0 Å². The summed E-state index contributed by atoms with van der Waals surface area (Å²) in [5, 5.41) is 0.551. The molecule has 1 heterocycles. The predicted octanol–water partition coefficient (Wildman–Crippen LogP) is 3.29. The summed E-state index contributed by atoms with van der Waals surface area (Å²) in [6, 6.07) is 4.59. The second-order valence-electron chi connectivity index (χ2n) is 3.56. The van der Waals surface area contributed by atoms with Gasteiger partial charge in [-0.05, 0) is 18.2 Å². The van der Waals surface area contributed by atoms with Crippen LogP contribution >= 0.6 is 11.6 Å². The second kappa shape index (κ2) is 4.66. The molecule has 0 unspecified atom stereocenters. The zero-order chi connectivity index (χ0) is 11.5. The van der Waals surface area contributed by atoms with Crippen LogP contribution in [0.15, 0.2) is 30.6 Å². The van der Waals surface area contributed by atoms with Crippen molar-refractivity contribution < 1.29 is 4.39 Å². The number of imidazole rings is 1. The Labute approximate surface area is 98.7 Å². The minimum absolute atomic E-state index is 0.236. The fraction of sp³-hybridized carbons (Fsp3) is 0.250. The van der Waals surface area contributed by atoms with Gasteiger partial charge in [0, 0.05) is 29.4 Å². The SMILES string of the molecule is CCc1nccn1Cc1cc(Cl)ccc1F. The molecule has 2 aromatic rings. The van der Waals surface area contributed by atoms with E-state index in [1.807, 2.05) is 17.7 Å². The Morgan fingerprint density at radius 2 is 2.25 bits per heavy atom. The maximum absolute atomic E-state index is 13.5. The highest BCUT2D eigenvalue weighted by Gasteiger charge is 2.06. The van der Waals surface area contributed by atoms with Crippen molar-refractivity contribution >= 4 is 11.6 Å². The molecule has 0 saturated heterocycles. The Balaban J connectivity index is 2.30. The first-order valence-corrected chi connectivity index (χ1v) is 5.52. The summed E-state index contributed by atoms with van der Waals surface area (Å²) in [5.41, 5.74) is 0.584. The van der Waals surface area contributed by atoms with Crippen LogP contribution in [0.2, 0.25) is 5.02 Å². The molecular formula is C12H12ClFN2. The molecule has 0 bridgehead atoms. The van der Waals surface area contributed by atoms with Crippen LogP contribution in [0.25, 0.3) is 0 Å². The van der Waals surface area contributed by atoms with E-state index in [1.54, 1.807) is 18.3 Å².